The molecule has 0 amide bonds. The van der Waals surface area contributed by atoms with Gasteiger partial charge < -0.3 is 19.4 Å². The topological polar surface area (TPSA) is 60.3 Å². The molecule has 88 valence electrons. The third-order valence-electron chi connectivity index (χ3n) is 1.99. The molecule has 0 aliphatic rings. The Hall–Kier alpha value is -1.62. The van der Waals surface area contributed by atoms with Gasteiger partial charge in [-0.2, -0.15) is 0 Å². The van der Waals surface area contributed by atoms with Crippen molar-refractivity contribution in [2.75, 3.05) is 21.3 Å². The van der Waals surface area contributed by atoms with Crippen LogP contribution in [0.1, 0.15) is 5.56 Å². The molecular formula is C10H12ClNO4. The van der Waals surface area contributed by atoms with Crippen molar-refractivity contribution in [1.82, 2.24) is 0 Å². The average molecular weight is 246 g/mol. The Labute approximate surface area is 98.2 Å². The fraction of sp³-hybridized carbons (Fsp3) is 0.300. The minimum Gasteiger partial charge on any atom is -0.493 e. The molecule has 1 N–H and O–H groups in total. The van der Waals surface area contributed by atoms with Crippen LogP contribution in [-0.2, 0) is 0 Å². The first-order valence-corrected chi connectivity index (χ1v) is 4.73. The fourth-order valence-electron chi connectivity index (χ4n) is 1.26. The molecule has 0 radical (unpaired) electrons. The Balaban J connectivity index is 3.37. The molecule has 1 aromatic rings. The highest BCUT2D eigenvalue weighted by atomic mass is 35.5. The van der Waals surface area contributed by atoms with E-state index in [1.165, 1.54) is 21.3 Å². The summed E-state index contributed by atoms with van der Waals surface area (Å²) >= 11 is 5.69. The van der Waals surface area contributed by atoms with Crippen molar-refractivity contribution < 1.29 is 19.4 Å². The van der Waals surface area contributed by atoms with Gasteiger partial charge in [-0.05, 0) is 12.1 Å². The molecule has 0 heterocycles. The molecule has 0 atom stereocenters. The molecule has 0 unspecified atom stereocenters. The van der Waals surface area contributed by atoms with Crippen LogP contribution in [-0.4, -0.2) is 31.7 Å². The minimum absolute atomic E-state index is 0.0562. The van der Waals surface area contributed by atoms with Crippen molar-refractivity contribution in [1.29, 1.82) is 0 Å². The molecule has 0 aliphatic heterocycles. The maximum absolute atomic E-state index is 8.59. The molecule has 1 aromatic carbocycles. The van der Waals surface area contributed by atoms with E-state index in [4.69, 9.17) is 31.0 Å². The number of nitrogens with zero attached hydrogens (tertiary/aromatic N) is 1. The largest absolute Gasteiger partial charge is 0.493 e. The molecule has 5 nitrogen and oxygen atoms in total. The van der Waals surface area contributed by atoms with E-state index in [-0.39, 0.29) is 5.17 Å². The molecular weight excluding hydrogens is 234 g/mol. The summed E-state index contributed by atoms with van der Waals surface area (Å²) in [6.07, 6.45) is 0. The maximum atomic E-state index is 8.59. The molecule has 0 aliphatic carbocycles. The van der Waals surface area contributed by atoms with Gasteiger partial charge in [0.1, 0.15) is 0 Å². The number of hydrogen-bond donors (Lipinski definition) is 1. The Morgan fingerprint density at radius 2 is 1.62 bits per heavy atom. The van der Waals surface area contributed by atoms with Crippen LogP contribution < -0.4 is 14.2 Å². The zero-order chi connectivity index (χ0) is 12.1. The van der Waals surface area contributed by atoms with E-state index >= 15 is 0 Å². The first kappa shape index (κ1) is 12.4. The first-order valence-electron chi connectivity index (χ1n) is 4.35. The van der Waals surface area contributed by atoms with E-state index in [0.29, 0.717) is 22.8 Å². The van der Waals surface area contributed by atoms with Gasteiger partial charge in [0.25, 0.3) is 0 Å². The zero-order valence-corrected chi connectivity index (χ0v) is 9.91. The van der Waals surface area contributed by atoms with Crippen LogP contribution in [0.25, 0.3) is 0 Å². The van der Waals surface area contributed by atoms with E-state index in [1.807, 2.05) is 0 Å². The lowest BCUT2D eigenvalue weighted by Crippen LogP contribution is -1.99. The van der Waals surface area contributed by atoms with Crippen molar-refractivity contribution in [3.8, 4) is 17.2 Å². The Morgan fingerprint density at radius 3 is 1.94 bits per heavy atom. The van der Waals surface area contributed by atoms with E-state index in [0.717, 1.165) is 0 Å². The number of ether oxygens (including phenoxy) is 3. The van der Waals surface area contributed by atoms with Crippen molar-refractivity contribution in [3.63, 3.8) is 0 Å². The number of methoxy groups -OCH3 is 3. The molecule has 0 fully saturated rings. The summed E-state index contributed by atoms with van der Waals surface area (Å²) in [6, 6.07) is 3.17. The number of halogens is 1. The molecule has 0 saturated heterocycles. The van der Waals surface area contributed by atoms with Crippen LogP contribution in [0.3, 0.4) is 0 Å². The zero-order valence-electron chi connectivity index (χ0n) is 9.15. The summed E-state index contributed by atoms with van der Waals surface area (Å²) in [4.78, 5) is 0. The third-order valence-corrected chi connectivity index (χ3v) is 2.28. The lowest BCUT2D eigenvalue weighted by Gasteiger charge is -2.13. The Kier molecular flexibility index (Phi) is 4.25. The van der Waals surface area contributed by atoms with Crippen LogP contribution >= 0.6 is 11.6 Å². The summed E-state index contributed by atoms with van der Waals surface area (Å²) in [7, 11) is 4.48. The van der Waals surface area contributed by atoms with Gasteiger partial charge in [0.15, 0.2) is 16.7 Å². The minimum atomic E-state index is -0.0562. The van der Waals surface area contributed by atoms with E-state index in [2.05, 4.69) is 5.16 Å². The number of hydrogen-bond acceptors (Lipinski definition) is 5. The summed E-state index contributed by atoms with van der Waals surface area (Å²) in [5.41, 5.74) is 0.471. The van der Waals surface area contributed by atoms with Gasteiger partial charge in [-0.25, -0.2) is 0 Å². The smallest absolute Gasteiger partial charge is 0.203 e. The first-order chi connectivity index (χ1) is 7.67. The van der Waals surface area contributed by atoms with Crippen molar-refractivity contribution in [2.45, 2.75) is 0 Å². The highest BCUT2D eigenvalue weighted by Crippen LogP contribution is 2.38. The summed E-state index contributed by atoms with van der Waals surface area (Å²) in [6.45, 7) is 0. The highest BCUT2D eigenvalue weighted by Gasteiger charge is 2.15. The third kappa shape index (κ3) is 2.30. The van der Waals surface area contributed by atoms with Crippen LogP contribution in [0.15, 0.2) is 17.3 Å². The second kappa shape index (κ2) is 5.46. The molecule has 1 rings (SSSR count). The van der Waals surface area contributed by atoms with Gasteiger partial charge in [0.2, 0.25) is 5.75 Å². The number of oxime groups is 1. The monoisotopic (exact) mass is 245 g/mol. The highest BCUT2D eigenvalue weighted by molar-refractivity contribution is 6.69. The van der Waals surface area contributed by atoms with E-state index in [1.54, 1.807) is 12.1 Å². The van der Waals surface area contributed by atoms with Gasteiger partial charge in [-0.3, -0.25) is 0 Å². The van der Waals surface area contributed by atoms with Crippen molar-refractivity contribution >= 4 is 16.8 Å². The summed E-state index contributed by atoms with van der Waals surface area (Å²) in [5.74, 6) is 1.34. The van der Waals surface area contributed by atoms with Gasteiger partial charge in [0.05, 0.1) is 21.3 Å². The van der Waals surface area contributed by atoms with Crippen molar-refractivity contribution in [3.05, 3.63) is 17.7 Å². The summed E-state index contributed by atoms with van der Waals surface area (Å²) in [5, 5.41) is 11.4. The van der Waals surface area contributed by atoms with Crippen molar-refractivity contribution in [2.24, 2.45) is 5.16 Å². The van der Waals surface area contributed by atoms with Crippen LogP contribution in [0.4, 0.5) is 0 Å². The Morgan fingerprint density at radius 1 is 1.12 bits per heavy atom. The average Bonchev–Trinajstić information content (AvgIpc) is 2.35. The number of rotatable bonds is 4. The van der Waals surface area contributed by atoms with Gasteiger partial charge >= 0.3 is 0 Å². The molecule has 16 heavy (non-hydrogen) atoms. The normalized spacial score (nSPS) is 11.1. The Bertz CT molecular complexity index is 381. The predicted molar refractivity (Wildman–Crippen MR) is 60.3 cm³/mol. The molecule has 0 spiro atoms. The van der Waals surface area contributed by atoms with Crippen LogP contribution in [0.2, 0.25) is 0 Å². The molecule has 0 saturated carbocycles. The standard InChI is InChI=1S/C10H12ClNO4/c1-14-7-4-6(10(11)12-13)5-8(15-2)9(7)16-3/h4-5,13H,1-3H3/b12-10-. The molecule has 0 aromatic heterocycles. The molecule has 6 heteroatoms. The second-order valence-electron chi connectivity index (χ2n) is 2.80. The van der Waals surface area contributed by atoms with E-state index < -0.39 is 0 Å². The van der Waals surface area contributed by atoms with Gasteiger partial charge in [-0.1, -0.05) is 16.8 Å². The van der Waals surface area contributed by atoms with Crippen LogP contribution in [0, 0.1) is 0 Å². The fourth-order valence-corrected chi connectivity index (χ4v) is 1.37. The SMILES string of the molecule is COc1cc(/C(Cl)=N/O)cc(OC)c1OC. The summed E-state index contributed by atoms with van der Waals surface area (Å²) < 4.78 is 15.4. The maximum Gasteiger partial charge on any atom is 0.203 e. The van der Waals surface area contributed by atoms with Crippen LogP contribution in [0.5, 0.6) is 17.2 Å². The second-order valence-corrected chi connectivity index (χ2v) is 3.16. The van der Waals surface area contributed by atoms with E-state index in [9.17, 15) is 0 Å². The quantitative estimate of drug-likeness (QED) is 0.501. The predicted octanol–water partition coefficient (Wildman–Crippen LogP) is 2.09. The van der Waals surface area contributed by atoms with Gasteiger partial charge in [-0.15, -0.1) is 0 Å². The lowest BCUT2D eigenvalue weighted by atomic mass is 10.2. The van der Waals surface area contributed by atoms with Gasteiger partial charge in [0, 0.05) is 5.56 Å². The number of benzene rings is 1. The molecule has 0 bridgehead atoms. The lowest BCUT2D eigenvalue weighted by molar-refractivity contribution is 0.319.